The standard InChI is InChI=1S/C16H28N2O3/c19-15(13-7-3-4-8-14(13)16(20)21)17-9-12-18-10-5-1-2-6-11-18/h13-14H,1-12H2,(H,17,19)(H,20,21)/t13-,14+/m1/s1. The van der Waals surface area contributed by atoms with Crippen LogP contribution >= 0.6 is 0 Å². The molecule has 2 rings (SSSR count). The molecule has 2 atom stereocenters. The van der Waals surface area contributed by atoms with Crippen molar-refractivity contribution in [2.45, 2.75) is 51.4 Å². The fraction of sp³-hybridized carbons (Fsp3) is 0.875. The number of carboxylic acids is 1. The third kappa shape index (κ3) is 4.99. The van der Waals surface area contributed by atoms with Gasteiger partial charge in [-0.25, -0.2) is 0 Å². The first-order chi connectivity index (χ1) is 10.2. The molecule has 0 spiro atoms. The van der Waals surface area contributed by atoms with Crippen LogP contribution in [-0.2, 0) is 9.59 Å². The number of rotatable bonds is 5. The summed E-state index contributed by atoms with van der Waals surface area (Å²) in [5.74, 6) is -1.70. The number of carboxylic acid groups (broad SMARTS) is 1. The molecule has 5 nitrogen and oxygen atoms in total. The van der Waals surface area contributed by atoms with E-state index in [9.17, 15) is 14.7 Å². The minimum Gasteiger partial charge on any atom is -0.481 e. The van der Waals surface area contributed by atoms with E-state index >= 15 is 0 Å². The van der Waals surface area contributed by atoms with Crippen LogP contribution in [0.3, 0.4) is 0 Å². The summed E-state index contributed by atoms with van der Waals surface area (Å²) in [6.07, 6.45) is 8.36. The molecule has 0 radical (unpaired) electrons. The van der Waals surface area contributed by atoms with Crippen molar-refractivity contribution in [1.82, 2.24) is 10.2 Å². The topological polar surface area (TPSA) is 69.6 Å². The second-order valence-corrected chi connectivity index (χ2v) is 6.38. The van der Waals surface area contributed by atoms with E-state index in [0.717, 1.165) is 32.5 Å². The number of carbonyl (C=O) groups is 2. The molecule has 0 bridgehead atoms. The molecule has 0 aromatic heterocycles. The average Bonchev–Trinajstić information content (AvgIpc) is 2.76. The predicted molar refractivity (Wildman–Crippen MR) is 81.0 cm³/mol. The van der Waals surface area contributed by atoms with E-state index in [1.54, 1.807) is 0 Å². The largest absolute Gasteiger partial charge is 0.481 e. The summed E-state index contributed by atoms with van der Waals surface area (Å²) >= 11 is 0. The number of hydrogen-bond donors (Lipinski definition) is 2. The molecule has 21 heavy (non-hydrogen) atoms. The smallest absolute Gasteiger partial charge is 0.307 e. The van der Waals surface area contributed by atoms with Crippen LogP contribution in [0.25, 0.3) is 0 Å². The Hall–Kier alpha value is -1.10. The van der Waals surface area contributed by atoms with Gasteiger partial charge in [0.1, 0.15) is 0 Å². The SMILES string of the molecule is O=C(O)[C@H]1CCCC[C@H]1C(=O)NCCN1CCCCCC1. The first-order valence-electron chi connectivity index (χ1n) is 8.41. The van der Waals surface area contributed by atoms with E-state index < -0.39 is 11.9 Å². The van der Waals surface area contributed by atoms with Gasteiger partial charge >= 0.3 is 5.97 Å². The van der Waals surface area contributed by atoms with Gasteiger partial charge in [0, 0.05) is 13.1 Å². The molecule has 1 aliphatic heterocycles. The van der Waals surface area contributed by atoms with Gasteiger partial charge in [-0.05, 0) is 38.8 Å². The number of amides is 1. The lowest BCUT2D eigenvalue weighted by Gasteiger charge is -2.28. The van der Waals surface area contributed by atoms with Crippen molar-refractivity contribution in [2.24, 2.45) is 11.8 Å². The van der Waals surface area contributed by atoms with Crippen LogP contribution in [0, 0.1) is 11.8 Å². The fourth-order valence-electron chi connectivity index (χ4n) is 3.57. The second-order valence-electron chi connectivity index (χ2n) is 6.38. The van der Waals surface area contributed by atoms with Crippen molar-refractivity contribution < 1.29 is 14.7 Å². The van der Waals surface area contributed by atoms with E-state index in [2.05, 4.69) is 10.2 Å². The number of hydrogen-bond acceptors (Lipinski definition) is 3. The summed E-state index contributed by atoms with van der Waals surface area (Å²) in [6.45, 7) is 3.77. The maximum atomic E-state index is 12.2. The van der Waals surface area contributed by atoms with Gasteiger partial charge in [0.2, 0.25) is 5.91 Å². The Morgan fingerprint density at radius 3 is 2.19 bits per heavy atom. The van der Waals surface area contributed by atoms with E-state index in [1.807, 2.05) is 0 Å². The zero-order valence-electron chi connectivity index (χ0n) is 12.9. The van der Waals surface area contributed by atoms with E-state index in [-0.39, 0.29) is 11.8 Å². The van der Waals surface area contributed by atoms with Crippen molar-refractivity contribution in [3.8, 4) is 0 Å². The molecule has 1 saturated carbocycles. The molecule has 1 aliphatic carbocycles. The summed E-state index contributed by atoms with van der Waals surface area (Å²) in [4.78, 5) is 25.9. The van der Waals surface area contributed by atoms with Crippen LogP contribution < -0.4 is 5.32 Å². The molecule has 1 saturated heterocycles. The molecule has 120 valence electrons. The summed E-state index contributed by atoms with van der Waals surface area (Å²) in [5.41, 5.74) is 0. The van der Waals surface area contributed by atoms with Crippen molar-refractivity contribution >= 4 is 11.9 Å². The van der Waals surface area contributed by atoms with Crippen LogP contribution in [0.15, 0.2) is 0 Å². The highest BCUT2D eigenvalue weighted by Gasteiger charge is 2.35. The quantitative estimate of drug-likeness (QED) is 0.812. The molecular formula is C16H28N2O3. The normalized spacial score (nSPS) is 27.8. The molecule has 5 heteroatoms. The number of nitrogens with one attached hydrogen (secondary N) is 1. The van der Waals surface area contributed by atoms with Crippen LogP contribution in [0.5, 0.6) is 0 Å². The molecule has 0 unspecified atom stereocenters. The van der Waals surface area contributed by atoms with Gasteiger partial charge in [-0.15, -0.1) is 0 Å². The van der Waals surface area contributed by atoms with Crippen LogP contribution in [0.4, 0.5) is 0 Å². The lowest BCUT2D eigenvalue weighted by molar-refractivity contribution is -0.148. The summed E-state index contributed by atoms with van der Waals surface area (Å²) in [7, 11) is 0. The molecule has 2 fully saturated rings. The maximum absolute atomic E-state index is 12.2. The van der Waals surface area contributed by atoms with Gasteiger partial charge in [0.05, 0.1) is 11.8 Å². The zero-order valence-corrected chi connectivity index (χ0v) is 12.9. The van der Waals surface area contributed by atoms with Gasteiger partial charge in [-0.2, -0.15) is 0 Å². The Balaban J connectivity index is 1.73. The molecule has 2 N–H and O–H groups in total. The van der Waals surface area contributed by atoms with Crippen molar-refractivity contribution in [3.05, 3.63) is 0 Å². The minimum atomic E-state index is -0.817. The molecule has 0 aromatic carbocycles. The van der Waals surface area contributed by atoms with Gasteiger partial charge in [0.25, 0.3) is 0 Å². The molecule has 2 aliphatic rings. The highest BCUT2D eigenvalue weighted by atomic mass is 16.4. The third-order valence-corrected chi connectivity index (χ3v) is 4.85. The zero-order chi connectivity index (χ0) is 15.1. The molecule has 1 heterocycles. The average molecular weight is 296 g/mol. The lowest BCUT2D eigenvalue weighted by Crippen LogP contribution is -2.42. The second kappa shape index (κ2) is 8.37. The van der Waals surface area contributed by atoms with Gasteiger partial charge in [-0.3, -0.25) is 9.59 Å². The first-order valence-corrected chi connectivity index (χ1v) is 8.41. The Morgan fingerprint density at radius 1 is 0.952 bits per heavy atom. The third-order valence-electron chi connectivity index (χ3n) is 4.85. The van der Waals surface area contributed by atoms with E-state index in [4.69, 9.17) is 0 Å². The minimum absolute atomic E-state index is 0.0584. The molecule has 0 aromatic rings. The fourth-order valence-corrected chi connectivity index (χ4v) is 3.57. The summed E-state index contributed by atoms with van der Waals surface area (Å²) in [5, 5.41) is 12.2. The maximum Gasteiger partial charge on any atom is 0.307 e. The highest BCUT2D eigenvalue weighted by molar-refractivity contribution is 5.84. The Kier molecular flexibility index (Phi) is 6.49. The Morgan fingerprint density at radius 2 is 1.57 bits per heavy atom. The Labute approximate surface area is 127 Å². The van der Waals surface area contributed by atoms with Crippen molar-refractivity contribution in [2.75, 3.05) is 26.2 Å². The summed E-state index contributed by atoms with van der Waals surface area (Å²) < 4.78 is 0. The summed E-state index contributed by atoms with van der Waals surface area (Å²) in [6, 6.07) is 0. The monoisotopic (exact) mass is 296 g/mol. The first kappa shape index (κ1) is 16.3. The molecular weight excluding hydrogens is 268 g/mol. The number of nitrogens with zero attached hydrogens (tertiary/aromatic N) is 1. The predicted octanol–water partition coefficient (Wildman–Crippen LogP) is 1.87. The van der Waals surface area contributed by atoms with E-state index in [0.29, 0.717) is 19.4 Å². The molecule has 1 amide bonds. The number of likely N-dealkylation sites (tertiary alicyclic amines) is 1. The number of carbonyl (C=O) groups excluding carboxylic acids is 1. The van der Waals surface area contributed by atoms with Crippen molar-refractivity contribution in [3.63, 3.8) is 0 Å². The van der Waals surface area contributed by atoms with Gasteiger partial charge in [0.15, 0.2) is 0 Å². The number of aliphatic carboxylic acids is 1. The Bertz CT molecular complexity index is 351. The van der Waals surface area contributed by atoms with Crippen LogP contribution in [0.1, 0.15) is 51.4 Å². The lowest BCUT2D eigenvalue weighted by atomic mass is 9.79. The van der Waals surface area contributed by atoms with Crippen LogP contribution in [0.2, 0.25) is 0 Å². The van der Waals surface area contributed by atoms with Crippen molar-refractivity contribution in [1.29, 1.82) is 0 Å². The van der Waals surface area contributed by atoms with E-state index in [1.165, 1.54) is 25.7 Å². The highest BCUT2D eigenvalue weighted by Crippen LogP contribution is 2.30. The van der Waals surface area contributed by atoms with Gasteiger partial charge < -0.3 is 15.3 Å². The van der Waals surface area contributed by atoms with Crippen LogP contribution in [-0.4, -0.2) is 48.1 Å². The van der Waals surface area contributed by atoms with Gasteiger partial charge in [-0.1, -0.05) is 25.7 Å².